The summed E-state index contributed by atoms with van der Waals surface area (Å²) >= 11 is 0. The molecule has 2 aromatic rings. The molecule has 0 saturated carbocycles. The van der Waals surface area contributed by atoms with Gasteiger partial charge in [0, 0.05) is 18.4 Å². The molecule has 0 atom stereocenters. The Morgan fingerprint density at radius 3 is 2.58 bits per heavy atom. The molecule has 140 valence electrons. The molecule has 0 aliphatic heterocycles. The van der Waals surface area contributed by atoms with Gasteiger partial charge >= 0.3 is 5.63 Å². The first kappa shape index (κ1) is 18.7. The zero-order chi connectivity index (χ0) is 18.9. The van der Waals surface area contributed by atoms with Crippen LogP contribution in [0.2, 0.25) is 0 Å². The van der Waals surface area contributed by atoms with Crippen LogP contribution in [0.15, 0.2) is 21.3 Å². The minimum absolute atomic E-state index is 0.101. The predicted molar refractivity (Wildman–Crippen MR) is 103 cm³/mol. The summed E-state index contributed by atoms with van der Waals surface area (Å²) < 4.78 is 5.53. The second-order valence-electron chi connectivity index (χ2n) is 8.13. The number of ketones is 1. The maximum absolute atomic E-state index is 12.3. The first-order valence-corrected chi connectivity index (χ1v) is 9.67. The molecule has 1 heterocycles. The lowest BCUT2D eigenvalue weighted by Gasteiger charge is -2.26. The molecule has 0 bridgehead atoms. The zero-order valence-electron chi connectivity index (χ0n) is 16.0. The van der Waals surface area contributed by atoms with Crippen LogP contribution in [-0.4, -0.2) is 10.9 Å². The SMILES string of the molecule is CCCCCCC(C)(C)c1cc(O)c2c3c(c(=O)oc2c1)CCC(=O)C3. The highest BCUT2D eigenvalue weighted by atomic mass is 16.4. The Balaban J connectivity index is 2.03. The van der Waals surface area contributed by atoms with Gasteiger partial charge in [0.1, 0.15) is 17.1 Å². The van der Waals surface area contributed by atoms with E-state index in [2.05, 4.69) is 20.8 Å². The number of carbonyl (C=O) groups excluding carboxylic acids is 1. The third-order valence-electron chi connectivity index (χ3n) is 5.66. The van der Waals surface area contributed by atoms with Gasteiger partial charge in [-0.25, -0.2) is 4.79 Å². The molecule has 4 heteroatoms. The van der Waals surface area contributed by atoms with Crippen molar-refractivity contribution in [1.29, 1.82) is 0 Å². The summed E-state index contributed by atoms with van der Waals surface area (Å²) in [6, 6.07) is 3.65. The molecule has 26 heavy (non-hydrogen) atoms. The Kier molecular flexibility index (Phi) is 5.22. The average Bonchev–Trinajstić information content (AvgIpc) is 2.58. The lowest BCUT2D eigenvalue weighted by molar-refractivity contribution is -0.118. The fourth-order valence-corrected chi connectivity index (χ4v) is 3.95. The monoisotopic (exact) mass is 356 g/mol. The van der Waals surface area contributed by atoms with E-state index in [1.54, 1.807) is 6.07 Å². The van der Waals surface area contributed by atoms with Gasteiger partial charge in [0.25, 0.3) is 0 Å². The summed E-state index contributed by atoms with van der Waals surface area (Å²) in [6.07, 6.45) is 6.73. The van der Waals surface area contributed by atoms with Crippen LogP contribution in [0, 0.1) is 0 Å². The van der Waals surface area contributed by atoms with Gasteiger partial charge in [0.05, 0.1) is 5.39 Å². The van der Waals surface area contributed by atoms with Gasteiger partial charge in [0.15, 0.2) is 0 Å². The van der Waals surface area contributed by atoms with E-state index < -0.39 is 0 Å². The van der Waals surface area contributed by atoms with Crippen LogP contribution in [-0.2, 0) is 23.1 Å². The predicted octanol–water partition coefficient (Wildman–Crippen LogP) is 4.80. The molecule has 0 fully saturated rings. The van der Waals surface area contributed by atoms with Crippen molar-refractivity contribution in [3.63, 3.8) is 0 Å². The van der Waals surface area contributed by atoms with Gasteiger partial charge in [-0.2, -0.15) is 0 Å². The van der Waals surface area contributed by atoms with Crippen molar-refractivity contribution in [3.05, 3.63) is 39.2 Å². The summed E-state index contributed by atoms with van der Waals surface area (Å²) in [4.78, 5) is 24.2. The molecule has 1 aliphatic rings. The second kappa shape index (κ2) is 7.26. The zero-order valence-corrected chi connectivity index (χ0v) is 16.0. The molecule has 4 nitrogen and oxygen atoms in total. The van der Waals surface area contributed by atoms with Crippen LogP contribution in [0.1, 0.15) is 76.0 Å². The molecule has 1 aromatic heterocycles. The van der Waals surface area contributed by atoms with E-state index in [1.165, 1.54) is 19.3 Å². The van der Waals surface area contributed by atoms with Gasteiger partial charge in [-0.05, 0) is 41.5 Å². The number of hydrogen-bond acceptors (Lipinski definition) is 4. The molecule has 1 N–H and O–H groups in total. The van der Waals surface area contributed by atoms with E-state index in [4.69, 9.17) is 4.42 Å². The summed E-state index contributed by atoms with van der Waals surface area (Å²) in [5.74, 6) is 0.206. The Morgan fingerprint density at radius 1 is 1.08 bits per heavy atom. The van der Waals surface area contributed by atoms with Crippen molar-refractivity contribution in [2.75, 3.05) is 0 Å². The minimum atomic E-state index is -0.377. The highest BCUT2D eigenvalue weighted by Crippen LogP contribution is 2.38. The van der Waals surface area contributed by atoms with E-state index in [0.717, 1.165) is 18.4 Å². The van der Waals surface area contributed by atoms with Gasteiger partial charge in [-0.15, -0.1) is 0 Å². The van der Waals surface area contributed by atoms with Crippen LogP contribution < -0.4 is 5.63 Å². The fourth-order valence-electron chi connectivity index (χ4n) is 3.95. The van der Waals surface area contributed by atoms with Gasteiger partial charge < -0.3 is 9.52 Å². The number of rotatable bonds is 6. The van der Waals surface area contributed by atoms with E-state index in [-0.39, 0.29) is 29.0 Å². The molecule has 0 spiro atoms. The van der Waals surface area contributed by atoms with Crippen molar-refractivity contribution in [2.24, 2.45) is 0 Å². The van der Waals surface area contributed by atoms with Crippen LogP contribution in [0.3, 0.4) is 0 Å². The number of Topliss-reactive ketones (excluding diaryl/α,β-unsaturated/α-hetero) is 1. The Labute approximate surface area is 154 Å². The maximum Gasteiger partial charge on any atom is 0.339 e. The number of aromatic hydroxyl groups is 1. The first-order valence-electron chi connectivity index (χ1n) is 9.67. The van der Waals surface area contributed by atoms with Crippen LogP contribution in [0.25, 0.3) is 11.0 Å². The Hall–Kier alpha value is -2.10. The normalized spacial score (nSPS) is 14.7. The van der Waals surface area contributed by atoms with Crippen molar-refractivity contribution in [1.82, 2.24) is 0 Å². The number of fused-ring (bicyclic) bond motifs is 3. The number of hydrogen-bond donors (Lipinski definition) is 1. The molecule has 1 aromatic carbocycles. The molecule has 0 saturated heterocycles. The number of unbranched alkanes of at least 4 members (excludes halogenated alkanes) is 3. The lowest BCUT2D eigenvalue weighted by atomic mass is 9.79. The van der Waals surface area contributed by atoms with Crippen LogP contribution >= 0.6 is 0 Å². The average molecular weight is 356 g/mol. The number of benzene rings is 1. The van der Waals surface area contributed by atoms with E-state index in [0.29, 0.717) is 34.9 Å². The van der Waals surface area contributed by atoms with Crippen molar-refractivity contribution in [3.8, 4) is 5.75 Å². The first-order chi connectivity index (χ1) is 12.3. The van der Waals surface area contributed by atoms with Crippen molar-refractivity contribution < 1.29 is 14.3 Å². The number of carbonyl (C=O) groups is 1. The minimum Gasteiger partial charge on any atom is -0.507 e. The third-order valence-corrected chi connectivity index (χ3v) is 5.66. The summed E-state index contributed by atoms with van der Waals surface area (Å²) in [7, 11) is 0. The number of phenols is 1. The molecular weight excluding hydrogens is 328 g/mol. The number of phenolic OH excluding ortho intramolecular Hbond substituents is 1. The summed E-state index contributed by atoms with van der Waals surface area (Å²) in [6.45, 7) is 6.50. The quantitative estimate of drug-likeness (QED) is 0.596. The van der Waals surface area contributed by atoms with Crippen molar-refractivity contribution in [2.45, 2.75) is 77.6 Å². The Morgan fingerprint density at radius 2 is 1.85 bits per heavy atom. The maximum atomic E-state index is 12.3. The second-order valence-corrected chi connectivity index (χ2v) is 8.13. The standard InChI is InChI=1S/C22H28O4/c1-4-5-6-7-10-22(2,3)14-11-18(24)20-17-13-15(23)8-9-16(17)21(25)26-19(20)12-14/h11-12,24H,4-10,13H2,1-3H3. The smallest absolute Gasteiger partial charge is 0.339 e. The molecule has 0 radical (unpaired) electrons. The summed E-state index contributed by atoms with van der Waals surface area (Å²) in [5, 5.41) is 11.2. The van der Waals surface area contributed by atoms with E-state index in [1.807, 2.05) is 6.07 Å². The summed E-state index contributed by atoms with van der Waals surface area (Å²) in [5.41, 5.74) is 2.04. The van der Waals surface area contributed by atoms with Gasteiger partial charge in [0.2, 0.25) is 0 Å². The largest absolute Gasteiger partial charge is 0.507 e. The van der Waals surface area contributed by atoms with Gasteiger partial charge in [-0.1, -0.05) is 46.5 Å². The van der Waals surface area contributed by atoms with E-state index >= 15 is 0 Å². The highest BCUT2D eigenvalue weighted by Gasteiger charge is 2.27. The van der Waals surface area contributed by atoms with Crippen LogP contribution in [0.5, 0.6) is 5.75 Å². The van der Waals surface area contributed by atoms with Gasteiger partial charge in [-0.3, -0.25) is 4.79 Å². The lowest BCUT2D eigenvalue weighted by Crippen LogP contribution is -2.22. The molecule has 0 amide bonds. The van der Waals surface area contributed by atoms with Crippen molar-refractivity contribution >= 4 is 16.8 Å². The highest BCUT2D eigenvalue weighted by molar-refractivity contribution is 5.94. The Bertz CT molecular complexity index is 889. The van der Waals surface area contributed by atoms with Crippen LogP contribution in [0.4, 0.5) is 0 Å². The topological polar surface area (TPSA) is 67.5 Å². The molecule has 3 rings (SSSR count). The molecule has 1 aliphatic carbocycles. The molecular formula is C22H28O4. The molecule has 0 unspecified atom stereocenters. The van der Waals surface area contributed by atoms with E-state index in [9.17, 15) is 14.7 Å². The third kappa shape index (κ3) is 3.55. The fraction of sp³-hybridized carbons (Fsp3) is 0.545.